The van der Waals surface area contributed by atoms with E-state index in [0.29, 0.717) is 5.82 Å². The standard InChI is InChI=1S/C14H18N4O2/c1-9-7-10(5-6-15-9)18-12(16-13(19)20)8-11(17-18)14(2,3)4/h5-8,16H,1-4H3,(H,19,20)/p-1. The van der Waals surface area contributed by atoms with Crippen LogP contribution in [0.5, 0.6) is 0 Å². The number of rotatable bonds is 2. The highest BCUT2D eigenvalue weighted by Crippen LogP contribution is 2.26. The van der Waals surface area contributed by atoms with Crippen LogP contribution in [0.25, 0.3) is 5.69 Å². The van der Waals surface area contributed by atoms with Gasteiger partial charge in [0, 0.05) is 23.4 Å². The van der Waals surface area contributed by atoms with E-state index in [1.807, 2.05) is 33.8 Å². The summed E-state index contributed by atoms with van der Waals surface area (Å²) >= 11 is 0. The second-order valence-electron chi connectivity index (χ2n) is 5.64. The average molecular weight is 273 g/mol. The number of amides is 1. The fraction of sp³-hybridized carbons (Fsp3) is 0.357. The molecule has 6 heteroatoms. The molecule has 106 valence electrons. The van der Waals surface area contributed by atoms with E-state index < -0.39 is 6.09 Å². The molecule has 1 N–H and O–H groups in total. The van der Waals surface area contributed by atoms with Gasteiger partial charge in [0.1, 0.15) is 11.9 Å². The summed E-state index contributed by atoms with van der Waals surface area (Å²) in [4.78, 5) is 14.9. The number of carboxylic acid groups (broad SMARTS) is 1. The van der Waals surface area contributed by atoms with Crippen molar-refractivity contribution in [1.82, 2.24) is 14.8 Å². The molecule has 2 aromatic rings. The van der Waals surface area contributed by atoms with Crippen molar-refractivity contribution in [3.05, 3.63) is 35.8 Å². The van der Waals surface area contributed by atoms with Crippen LogP contribution in [0.15, 0.2) is 24.4 Å². The zero-order chi connectivity index (χ0) is 14.9. The van der Waals surface area contributed by atoms with Gasteiger partial charge in [0.25, 0.3) is 0 Å². The fourth-order valence-corrected chi connectivity index (χ4v) is 1.80. The average Bonchev–Trinajstić information content (AvgIpc) is 2.71. The molecule has 0 aliphatic heterocycles. The summed E-state index contributed by atoms with van der Waals surface area (Å²) in [6, 6.07) is 5.32. The second kappa shape index (κ2) is 4.96. The van der Waals surface area contributed by atoms with Gasteiger partial charge in [-0.1, -0.05) is 20.8 Å². The third-order valence-electron chi connectivity index (χ3n) is 2.83. The lowest BCUT2D eigenvalue weighted by molar-refractivity contribution is -0.242. The molecule has 6 nitrogen and oxygen atoms in total. The number of pyridine rings is 1. The van der Waals surface area contributed by atoms with Gasteiger partial charge in [0.15, 0.2) is 0 Å². The van der Waals surface area contributed by atoms with Crippen LogP contribution >= 0.6 is 0 Å². The number of carbonyl (C=O) groups excluding carboxylic acids is 1. The Bertz CT molecular complexity index is 641. The van der Waals surface area contributed by atoms with Crippen molar-refractivity contribution in [3.63, 3.8) is 0 Å². The van der Waals surface area contributed by atoms with Crippen molar-refractivity contribution in [2.75, 3.05) is 5.32 Å². The molecule has 0 unspecified atom stereocenters. The molecule has 0 radical (unpaired) electrons. The Labute approximate surface area is 117 Å². The van der Waals surface area contributed by atoms with Crippen LogP contribution in [0.3, 0.4) is 0 Å². The lowest BCUT2D eigenvalue weighted by Crippen LogP contribution is -2.29. The summed E-state index contributed by atoms with van der Waals surface area (Å²) in [6.45, 7) is 7.91. The van der Waals surface area contributed by atoms with Gasteiger partial charge in [-0.05, 0) is 19.1 Å². The van der Waals surface area contributed by atoms with Crippen LogP contribution in [0, 0.1) is 6.92 Å². The van der Waals surface area contributed by atoms with E-state index >= 15 is 0 Å². The van der Waals surface area contributed by atoms with Gasteiger partial charge in [-0.15, -0.1) is 0 Å². The highest BCUT2D eigenvalue weighted by molar-refractivity contribution is 5.80. The van der Waals surface area contributed by atoms with Crippen LogP contribution in [-0.4, -0.2) is 20.9 Å². The summed E-state index contributed by atoms with van der Waals surface area (Å²) in [7, 11) is 0. The molecular formula is C14H17N4O2-. The maximum absolute atomic E-state index is 10.8. The molecule has 0 aromatic carbocycles. The van der Waals surface area contributed by atoms with Gasteiger partial charge in [0.2, 0.25) is 0 Å². The Kier molecular flexibility index (Phi) is 3.48. The number of nitrogens with one attached hydrogen (secondary N) is 1. The van der Waals surface area contributed by atoms with Crippen LogP contribution in [0.2, 0.25) is 0 Å². The normalized spacial score (nSPS) is 11.4. The van der Waals surface area contributed by atoms with Gasteiger partial charge in [-0.2, -0.15) is 5.10 Å². The molecule has 0 spiro atoms. The van der Waals surface area contributed by atoms with Crippen LogP contribution in [0.1, 0.15) is 32.2 Å². The number of aryl methyl sites for hydroxylation is 1. The molecule has 2 heterocycles. The molecule has 0 bridgehead atoms. The third-order valence-corrected chi connectivity index (χ3v) is 2.83. The maximum atomic E-state index is 10.8. The van der Waals surface area contributed by atoms with Crippen molar-refractivity contribution < 1.29 is 9.90 Å². The molecule has 0 aliphatic carbocycles. The van der Waals surface area contributed by atoms with Crippen molar-refractivity contribution in [2.45, 2.75) is 33.1 Å². The smallest absolute Gasteiger partial charge is 0.140 e. The topological polar surface area (TPSA) is 82.9 Å². The quantitative estimate of drug-likeness (QED) is 0.901. The largest absolute Gasteiger partial charge is 0.530 e. The minimum Gasteiger partial charge on any atom is -0.530 e. The lowest BCUT2D eigenvalue weighted by Gasteiger charge is -2.14. The zero-order valence-electron chi connectivity index (χ0n) is 12.0. The Balaban J connectivity index is 2.55. The Morgan fingerprint density at radius 3 is 2.60 bits per heavy atom. The van der Waals surface area contributed by atoms with Crippen molar-refractivity contribution in [1.29, 1.82) is 0 Å². The van der Waals surface area contributed by atoms with Gasteiger partial charge < -0.3 is 15.2 Å². The summed E-state index contributed by atoms with van der Waals surface area (Å²) in [5, 5.41) is 17.6. The molecule has 20 heavy (non-hydrogen) atoms. The van der Waals surface area contributed by atoms with E-state index in [2.05, 4.69) is 15.4 Å². The van der Waals surface area contributed by atoms with Crippen LogP contribution in [-0.2, 0) is 5.41 Å². The minimum atomic E-state index is -1.36. The van der Waals surface area contributed by atoms with E-state index in [1.54, 1.807) is 23.0 Å². The first-order valence-electron chi connectivity index (χ1n) is 6.29. The number of hydrogen-bond acceptors (Lipinski definition) is 4. The summed E-state index contributed by atoms with van der Waals surface area (Å²) < 4.78 is 1.55. The highest BCUT2D eigenvalue weighted by atomic mass is 16.4. The van der Waals surface area contributed by atoms with Crippen molar-refractivity contribution >= 4 is 11.9 Å². The first kappa shape index (κ1) is 14.0. The molecule has 1 amide bonds. The molecule has 0 atom stereocenters. The van der Waals surface area contributed by atoms with Gasteiger partial charge in [-0.3, -0.25) is 4.98 Å². The van der Waals surface area contributed by atoms with E-state index in [9.17, 15) is 9.90 Å². The van der Waals surface area contributed by atoms with Gasteiger partial charge in [-0.25, -0.2) is 4.68 Å². The Morgan fingerprint density at radius 2 is 2.05 bits per heavy atom. The minimum absolute atomic E-state index is 0.185. The highest BCUT2D eigenvalue weighted by Gasteiger charge is 2.20. The van der Waals surface area contributed by atoms with Crippen molar-refractivity contribution in [2.24, 2.45) is 0 Å². The fourth-order valence-electron chi connectivity index (χ4n) is 1.80. The van der Waals surface area contributed by atoms with Gasteiger partial charge in [0.05, 0.1) is 11.4 Å². The number of nitrogens with zero attached hydrogens (tertiary/aromatic N) is 3. The first-order valence-corrected chi connectivity index (χ1v) is 6.29. The molecule has 0 fully saturated rings. The summed E-state index contributed by atoms with van der Waals surface area (Å²) in [5.41, 5.74) is 2.18. The molecule has 0 saturated carbocycles. The molecule has 0 saturated heterocycles. The third kappa shape index (κ3) is 2.96. The predicted octanol–water partition coefficient (Wildman–Crippen LogP) is 1.63. The number of aromatic nitrogens is 3. The van der Waals surface area contributed by atoms with E-state index in [0.717, 1.165) is 17.1 Å². The summed E-state index contributed by atoms with van der Waals surface area (Å²) in [5.74, 6) is 0.362. The van der Waals surface area contributed by atoms with E-state index in [-0.39, 0.29) is 5.41 Å². The lowest BCUT2D eigenvalue weighted by atomic mass is 9.92. The summed E-state index contributed by atoms with van der Waals surface area (Å²) in [6.07, 6.45) is 0.295. The van der Waals surface area contributed by atoms with Crippen LogP contribution < -0.4 is 10.4 Å². The van der Waals surface area contributed by atoms with Crippen molar-refractivity contribution in [3.8, 4) is 5.69 Å². The van der Waals surface area contributed by atoms with Gasteiger partial charge >= 0.3 is 0 Å². The maximum Gasteiger partial charge on any atom is 0.140 e. The molecule has 0 aliphatic rings. The molecule has 2 aromatic heterocycles. The molecular weight excluding hydrogens is 256 g/mol. The SMILES string of the molecule is Cc1cc(-n2nc(C(C)(C)C)cc2NC(=O)[O-])ccn1. The monoisotopic (exact) mass is 273 g/mol. The van der Waals surface area contributed by atoms with Crippen LogP contribution in [0.4, 0.5) is 10.6 Å². The van der Waals surface area contributed by atoms with E-state index in [4.69, 9.17) is 0 Å². The zero-order valence-corrected chi connectivity index (χ0v) is 12.0. The molecule has 2 rings (SSSR count). The second-order valence-corrected chi connectivity index (χ2v) is 5.64. The Morgan fingerprint density at radius 1 is 1.35 bits per heavy atom. The number of hydrogen-bond donors (Lipinski definition) is 1. The Hall–Kier alpha value is -2.37. The first-order chi connectivity index (χ1) is 9.27. The predicted molar refractivity (Wildman–Crippen MR) is 73.8 cm³/mol. The number of anilines is 1. The number of carbonyl (C=O) groups is 1. The van der Waals surface area contributed by atoms with E-state index in [1.165, 1.54) is 0 Å².